The number of nitrogen functional groups attached to an aromatic ring is 1. The maximum Gasteiger partial charge on any atom is 0.338 e. The zero-order valence-electron chi connectivity index (χ0n) is 12.7. The van der Waals surface area contributed by atoms with Crippen LogP contribution in [0, 0.1) is 10.1 Å². The summed E-state index contributed by atoms with van der Waals surface area (Å²) in [5.74, 6) is -1.51. The quantitative estimate of drug-likeness (QED) is 0.360. The van der Waals surface area contributed by atoms with Crippen molar-refractivity contribution in [2.75, 3.05) is 18.2 Å². The van der Waals surface area contributed by atoms with Gasteiger partial charge in [-0.1, -0.05) is 23.2 Å². The van der Waals surface area contributed by atoms with E-state index in [0.717, 1.165) is 19.2 Å². The van der Waals surface area contributed by atoms with Gasteiger partial charge in [0.1, 0.15) is 0 Å². The van der Waals surface area contributed by atoms with Gasteiger partial charge in [-0.25, -0.2) is 4.79 Å². The summed E-state index contributed by atoms with van der Waals surface area (Å²) >= 11 is 11.8. The van der Waals surface area contributed by atoms with Crippen LogP contribution >= 0.6 is 23.2 Å². The molecule has 0 unspecified atom stereocenters. The maximum atomic E-state index is 12.4. The Hall–Kier alpha value is -2.84. The van der Waals surface area contributed by atoms with Gasteiger partial charge in [0, 0.05) is 23.4 Å². The van der Waals surface area contributed by atoms with Crippen molar-refractivity contribution < 1.29 is 19.2 Å². The summed E-state index contributed by atoms with van der Waals surface area (Å²) in [6, 6.07) is 5.97. The maximum absolute atomic E-state index is 12.4. The Kier molecular flexibility index (Phi) is 5.45. The monoisotopic (exact) mass is 383 g/mol. The summed E-state index contributed by atoms with van der Waals surface area (Å²) in [5.41, 5.74) is 5.33. The van der Waals surface area contributed by atoms with Crippen LogP contribution in [0.3, 0.4) is 0 Å². The van der Waals surface area contributed by atoms with Crippen LogP contribution in [-0.2, 0) is 4.74 Å². The number of nitro groups is 1. The number of nitrogens with zero attached hydrogens (tertiary/aromatic N) is 1. The molecule has 10 heteroatoms. The van der Waals surface area contributed by atoms with E-state index in [1.54, 1.807) is 0 Å². The minimum Gasteiger partial charge on any atom is -0.465 e. The highest BCUT2D eigenvalue weighted by Gasteiger charge is 2.19. The number of nitrogens with one attached hydrogen (secondary N) is 1. The van der Waals surface area contributed by atoms with Gasteiger partial charge in [-0.2, -0.15) is 0 Å². The predicted molar refractivity (Wildman–Crippen MR) is 93.3 cm³/mol. The molecule has 0 fully saturated rings. The summed E-state index contributed by atoms with van der Waals surface area (Å²) < 4.78 is 4.53. The average Bonchev–Trinajstić information content (AvgIpc) is 2.58. The third-order valence-electron chi connectivity index (χ3n) is 3.15. The molecule has 2 aromatic carbocycles. The number of nitro benzene ring substituents is 1. The van der Waals surface area contributed by atoms with Crippen molar-refractivity contribution in [3.05, 3.63) is 61.6 Å². The summed E-state index contributed by atoms with van der Waals surface area (Å²) in [4.78, 5) is 34.3. The fourth-order valence-electron chi connectivity index (χ4n) is 1.94. The van der Waals surface area contributed by atoms with Gasteiger partial charge >= 0.3 is 5.97 Å². The van der Waals surface area contributed by atoms with E-state index < -0.39 is 22.5 Å². The zero-order chi connectivity index (χ0) is 18.7. The lowest BCUT2D eigenvalue weighted by molar-refractivity contribution is -0.384. The van der Waals surface area contributed by atoms with Gasteiger partial charge in [-0.15, -0.1) is 0 Å². The number of carbonyl (C=O) groups excluding carboxylic acids is 2. The Morgan fingerprint density at radius 3 is 2.20 bits per heavy atom. The number of non-ortho nitro benzene ring substituents is 1. The van der Waals surface area contributed by atoms with Gasteiger partial charge in [0.2, 0.25) is 0 Å². The van der Waals surface area contributed by atoms with E-state index in [0.29, 0.717) is 0 Å². The molecule has 0 saturated heterocycles. The Morgan fingerprint density at radius 2 is 1.68 bits per heavy atom. The second kappa shape index (κ2) is 7.37. The third-order valence-corrected chi connectivity index (χ3v) is 3.77. The SMILES string of the molecule is COC(=O)c1cc(C(=O)Nc2cc(Cl)c(N)c(Cl)c2)cc([N+](=O)[O-])c1. The summed E-state index contributed by atoms with van der Waals surface area (Å²) in [7, 11) is 1.12. The first kappa shape index (κ1) is 18.5. The number of nitrogens with two attached hydrogens (primary N) is 1. The largest absolute Gasteiger partial charge is 0.465 e. The number of esters is 1. The fourth-order valence-corrected chi connectivity index (χ4v) is 2.43. The lowest BCUT2D eigenvalue weighted by atomic mass is 10.1. The Labute approximate surface area is 151 Å². The molecular weight excluding hydrogens is 373 g/mol. The third kappa shape index (κ3) is 4.17. The van der Waals surface area contributed by atoms with E-state index in [4.69, 9.17) is 28.9 Å². The van der Waals surface area contributed by atoms with E-state index in [-0.39, 0.29) is 32.5 Å². The number of benzene rings is 2. The second-order valence-corrected chi connectivity index (χ2v) is 5.64. The highest BCUT2D eigenvalue weighted by atomic mass is 35.5. The van der Waals surface area contributed by atoms with Gasteiger partial charge in [0.25, 0.3) is 11.6 Å². The highest BCUT2D eigenvalue weighted by Crippen LogP contribution is 2.31. The van der Waals surface area contributed by atoms with E-state index in [2.05, 4.69) is 10.1 Å². The van der Waals surface area contributed by atoms with Crippen LogP contribution in [0.25, 0.3) is 0 Å². The molecular formula is C15H11Cl2N3O5. The van der Waals surface area contributed by atoms with Gasteiger partial charge in [-0.05, 0) is 18.2 Å². The minimum absolute atomic E-state index is 0.112. The first-order chi connectivity index (χ1) is 11.7. The molecule has 2 rings (SSSR count). The van der Waals surface area contributed by atoms with Crippen LogP contribution in [0.15, 0.2) is 30.3 Å². The molecule has 0 bridgehead atoms. The van der Waals surface area contributed by atoms with Crippen molar-refractivity contribution in [3.8, 4) is 0 Å². The van der Waals surface area contributed by atoms with Gasteiger partial charge < -0.3 is 15.8 Å². The van der Waals surface area contributed by atoms with Crippen LogP contribution in [-0.4, -0.2) is 23.9 Å². The number of hydrogen-bond donors (Lipinski definition) is 2. The zero-order valence-corrected chi connectivity index (χ0v) is 14.2. The van der Waals surface area contributed by atoms with E-state index in [1.807, 2.05) is 0 Å². The van der Waals surface area contributed by atoms with Crippen molar-refractivity contribution in [1.29, 1.82) is 0 Å². The summed E-state index contributed by atoms with van der Waals surface area (Å²) in [5, 5.41) is 13.7. The van der Waals surface area contributed by atoms with Gasteiger partial charge in [0.05, 0.1) is 33.3 Å². The van der Waals surface area contributed by atoms with Crippen molar-refractivity contribution in [2.45, 2.75) is 0 Å². The lowest BCUT2D eigenvalue weighted by Gasteiger charge is -2.09. The lowest BCUT2D eigenvalue weighted by Crippen LogP contribution is -2.14. The Morgan fingerprint density at radius 1 is 1.12 bits per heavy atom. The molecule has 0 aliphatic rings. The second-order valence-electron chi connectivity index (χ2n) is 4.82. The molecule has 0 aromatic heterocycles. The van der Waals surface area contributed by atoms with E-state index >= 15 is 0 Å². The van der Waals surface area contributed by atoms with Crippen molar-refractivity contribution in [2.24, 2.45) is 0 Å². The highest BCUT2D eigenvalue weighted by molar-refractivity contribution is 6.39. The molecule has 3 N–H and O–H groups in total. The smallest absolute Gasteiger partial charge is 0.338 e. The van der Waals surface area contributed by atoms with E-state index in [1.165, 1.54) is 18.2 Å². The van der Waals surface area contributed by atoms with Gasteiger partial charge in [-0.3, -0.25) is 14.9 Å². The van der Waals surface area contributed by atoms with Crippen LogP contribution in [0.1, 0.15) is 20.7 Å². The normalized spacial score (nSPS) is 10.2. The summed E-state index contributed by atoms with van der Waals surface area (Å²) in [6.07, 6.45) is 0. The molecule has 0 aliphatic heterocycles. The molecule has 0 spiro atoms. The number of amides is 1. The molecule has 8 nitrogen and oxygen atoms in total. The molecule has 0 saturated carbocycles. The number of ether oxygens (including phenoxy) is 1. The summed E-state index contributed by atoms with van der Waals surface area (Å²) in [6.45, 7) is 0. The van der Waals surface area contributed by atoms with Crippen LogP contribution in [0.2, 0.25) is 10.0 Å². The molecule has 130 valence electrons. The van der Waals surface area contributed by atoms with Crippen molar-refractivity contribution in [3.63, 3.8) is 0 Å². The van der Waals surface area contributed by atoms with Crippen molar-refractivity contribution >= 4 is 52.1 Å². The first-order valence-corrected chi connectivity index (χ1v) is 7.42. The molecule has 1 amide bonds. The minimum atomic E-state index is -0.809. The number of carbonyl (C=O) groups is 2. The Bertz CT molecular complexity index is 862. The molecule has 0 atom stereocenters. The molecule has 2 aromatic rings. The van der Waals surface area contributed by atoms with Crippen LogP contribution in [0.4, 0.5) is 17.1 Å². The average molecular weight is 384 g/mol. The fraction of sp³-hybridized carbons (Fsp3) is 0.0667. The number of methoxy groups -OCH3 is 1. The van der Waals surface area contributed by atoms with Gasteiger partial charge in [0.15, 0.2) is 0 Å². The first-order valence-electron chi connectivity index (χ1n) is 6.66. The molecule has 0 heterocycles. The number of anilines is 2. The topological polar surface area (TPSA) is 125 Å². The van der Waals surface area contributed by atoms with E-state index in [9.17, 15) is 19.7 Å². The van der Waals surface area contributed by atoms with Crippen molar-refractivity contribution in [1.82, 2.24) is 0 Å². The molecule has 25 heavy (non-hydrogen) atoms. The van der Waals surface area contributed by atoms with Crippen LogP contribution < -0.4 is 11.1 Å². The number of hydrogen-bond acceptors (Lipinski definition) is 6. The number of rotatable bonds is 4. The number of halogens is 2. The van der Waals surface area contributed by atoms with Crippen LogP contribution in [0.5, 0.6) is 0 Å². The standard InChI is InChI=1S/C15H11Cl2N3O5/c1-25-15(22)8-2-7(3-10(4-8)20(23)24)14(21)19-9-5-11(16)13(18)12(17)6-9/h2-6H,18H2,1H3,(H,19,21). The molecule has 0 radical (unpaired) electrons. The predicted octanol–water partition coefficient (Wildman–Crippen LogP) is 3.52. The molecule has 0 aliphatic carbocycles. The Balaban J connectivity index is 2.40.